The molecule has 0 radical (unpaired) electrons. The molecule has 1 aromatic carbocycles. The largest absolute Gasteiger partial charge is 0.480 e. The molecule has 9 nitrogen and oxygen atoms in total. The molecular weight excluding hydrogens is 284 g/mol. The number of nitrogens with one attached hydrogen (secondary N) is 1. The van der Waals surface area contributed by atoms with Crippen molar-refractivity contribution in [2.24, 2.45) is 0 Å². The highest BCUT2D eigenvalue weighted by Crippen LogP contribution is 2.17. The minimum Gasteiger partial charge on any atom is -0.480 e. The standard InChI is InChI=1S/C12H12N2O7/c1-21-10(15)6-8(12(17)18)13-11(16)7-4-2-3-5-9(7)14(19)20/h2-5,8H,6H2,1H3,(H,13,16)(H,17,18)/t8-/m0/s1. The van der Waals surface area contributed by atoms with E-state index in [0.29, 0.717) is 0 Å². The van der Waals surface area contributed by atoms with Crippen molar-refractivity contribution in [1.82, 2.24) is 5.32 Å². The van der Waals surface area contributed by atoms with Crippen LogP contribution in [0.2, 0.25) is 0 Å². The van der Waals surface area contributed by atoms with Crippen molar-refractivity contribution in [3.63, 3.8) is 0 Å². The van der Waals surface area contributed by atoms with Crippen LogP contribution in [-0.4, -0.2) is 41.0 Å². The molecule has 1 atom stereocenters. The van der Waals surface area contributed by atoms with Gasteiger partial charge in [0.2, 0.25) is 0 Å². The van der Waals surface area contributed by atoms with Crippen molar-refractivity contribution in [3.8, 4) is 0 Å². The minimum absolute atomic E-state index is 0.293. The van der Waals surface area contributed by atoms with E-state index in [1.807, 2.05) is 5.32 Å². The van der Waals surface area contributed by atoms with E-state index in [0.717, 1.165) is 13.2 Å². The number of esters is 1. The first-order valence-corrected chi connectivity index (χ1v) is 5.70. The molecule has 0 bridgehead atoms. The van der Waals surface area contributed by atoms with Gasteiger partial charge in [0.15, 0.2) is 0 Å². The summed E-state index contributed by atoms with van der Waals surface area (Å²) in [5, 5.41) is 21.8. The van der Waals surface area contributed by atoms with Crippen LogP contribution in [-0.2, 0) is 14.3 Å². The van der Waals surface area contributed by atoms with Crippen molar-refractivity contribution >= 4 is 23.5 Å². The number of carboxylic acids is 1. The number of hydrogen-bond donors (Lipinski definition) is 2. The summed E-state index contributed by atoms with van der Waals surface area (Å²) in [6.07, 6.45) is -0.585. The van der Waals surface area contributed by atoms with Gasteiger partial charge in [-0.2, -0.15) is 0 Å². The van der Waals surface area contributed by atoms with Gasteiger partial charge in [-0.05, 0) is 6.07 Å². The van der Waals surface area contributed by atoms with Crippen molar-refractivity contribution in [3.05, 3.63) is 39.9 Å². The van der Waals surface area contributed by atoms with E-state index in [-0.39, 0.29) is 5.56 Å². The average Bonchev–Trinajstić information content (AvgIpc) is 2.45. The molecule has 2 N–H and O–H groups in total. The number of carbonyl (C=O) groups is 3. The van der Waals surface area contributed by atoms with Crippen LogP contribution in [0.1, 0.15) is 16.8 Å². The zero-order chi connectivity index (χ0) is 16.0. The molecule has 0 fully saturated rings. The van der Waals surface area contributed by atoms with Gasteiger partial charge in [-0.15, -0.1) is 0 Å². The Kier molecular flexibility index (Phi) is 5.35. The predicted octanol–water partition coefficient (Wildman–Crippen LogP) is 0.341. The molecule has 0 aliphatic rings. The smallest absolute Gasteiger partial charge is 0.326 e. The normalized spacial score (nSPS) is 11.3. The van der Waals surface area contributed by atoms with E-state index >= 15 is 0 Å². The summed E-state index contributed by atoms with van der Waals surface area (Å²) in [4.78, 5) is 44.0. The Morgan fingerprint density at radius 1 is 1.38 bits per heavy atom. The number of nitro benzene ring substituents is 1. The number of hydrogen-bond acceptors (Lipinski definition) is 6. The van der Waals surface area contributed by atoms with Gasteiger partial charge >= 0.3 is 11.9 Å². The summed E-state index contributed by atoms with van der Waals surface area (Å²) >= 11 is 0. The fourth-order valence-electron chi connectivity index (χ4n) is 1.51. The number of nitrogens with zero attached hydrogens (tertiary/aromatic N) is 1. The number of methoxy groups -OCH3 is 1. The first-order valence-electron chi connectivity index (χ1n) is 5.70. The molecule has 0 saturated carbocycles. The number of para-hydroxylation sites is 1. The summed E-state index contributed by atoms with van der Waals surface area (Å²) in [5.74, 6) is -3.24. The monoisotopic (exact) mass is 296 g/mol. The lowest BCUT2D eigenvalue weighted by atomic mass is 10.1. The number of ether oxygens (including phenoxy) is 1. The summed E-state index contributed by atoms with van der Waals surface area (Å²) in [6, 6.07) is 3.54. The Morgan fingerprint density at radius 3 is 2.52 bits per heavy atom. The molecule has 0 unspecified atom stereocenters. The Labute approximate surface area is 118 Å². The maximum Gasteiger partial charge on any atom is 0.326 e. The third-order valence-corrected chi connectivity index (χ3v) is 2.55. The molecular formula is C12H12N2O7. The van der Waals surface area contributed by atoms with Crippen LogP contribution >= 0.6 is 0 Å². The number of benzene rings is 1. The van der Waals surface area contributed by atoms with Crippen LogP contribution in [0, 0.1) is 10.1 Å². The van der Waals surface area contributed by atoms with Crippen LogP contribution < -0.4 is 5.32 Å². The summed E-state index contributed by atoms with van der Waals surface area (Å²) in [6.45, 7) is 0. The maximum atomic E-state index is 11.9. The lowest BCUT2D eigenvalue weighted by molar-refractivity contribution is -0.385. The minimum atomic E-state index is -1.54. The second-order valence-electron chi connectivity index (χ2n) is 3.92. The van der Waals surface area contributed by atoms with Crippen LogP contribution in [0.25, 0.3) is 0 Å². The highest BCUT2D eigenvalue weighted by atomic mass is 16.6. The fraction of sp³-hybridized carbons (Fsp3) is 0.250. The van der Waals surface area contributed by atoms with Gasteiger partial charge in [-0.1, -0.05) is 12.1 Å². The Morgan fingerprint density at radius 2 is 2.00 bits per heavy atom. The molecule has 0 aromatic heterocycles. The van der Waals surface area contributed by atoms with Gasteiger partial charge in [-0.25, -0.2) is 4.79 Å². The maximum absolute atomic E-state index is 11.9. The molecule has 9 heteroatoms. The summed E-state index contributed by atoms with van der Waals surface area (Å²) in [5.41, 5.74) is -0.754. The molecule has 0 heterocycles. The zero-order valence-electron chi connectivity index (χ0n) is 10.9. The second kappa shape index (κ2) is 6.98. The molecule has 1 amide bonds. The number of aliphatic carboxylic acids is 1. The fourth-order valence-corrected chi connectivity index (χ4v) is 1.51. The Hall–Kier alpha value is -2.97. The number of nitro groups is 1. The topological polar surface area (TPSA) is 136 Å². The van der Waals surface area contributed by atoms with Crippen molar-refractivity contribution in [2.75, 3.05) is 7.11 Å². The third kappa shape index (κ3) is 4.27. The first-order chi connectivity index (χ1) is 9.86. The molecule has 0 aliphatic carbocycles. The third-order valence-electron chi connectivity index (χ3n) is 2.55. The molecule has 0 saturated heterocycles. The van der Waals surface area contributed by atoms with E-state index in [2.05, 4.69) is 4.74 Å². The van der Waals surface area contributed by atoms with Gasteiger partial charge in [0.05, 0.1) is 18.5 Å². The molecule has 1 aromatic rings. The van der Waals surface area contributed by atoms with Crippen molar-refractivity contribution < 1.29 is 29.2 Å². The van der Waals surface area contributed by atoms with Gasteiger partial charge in [0.25, 0.3) is 11.6 Å². The van der Waals surface area contributed by atoms with Crippen LogP contribution in [0.3, 0.4) is 0 Å². The molecule has 112 valence electrons. The van der Waals surface area contributed by atoms with Crippen LogP contribution in [0.15, 0.2) is 24.3 Å². The van der Waals surface area contributed by atoms with E-state index in [1.165, 1.54) is 18.2 Å². The SMILES string of the molecule is COC(=O)C[C@H](NC(=O)c1ccccc1[N+](=O)[O-])C(=O)O. The number of carbonyl (C=O) groups excluding carboxylic acids is 2. The average molecular weight is 296 g/mol. The van der Waals surface area contributed by atoms with Gasteiger partial charge in [-0.3, -0.25) is 19.7 Å². The highest BCUT2D eigenvalue weighted by molar-refractivity contribution is 6.00. The van der Waals surface area contributed by atoms with E-state index in [1.54, 1.807) is 0 Å². The molecule has 1 rings (SSSR count). The Bertz CT molecular complexity index is 585. The second-order valence-corrected chi connectivity index (χ2v) is 3.92. The van der Waals surface area contributed by atoms with Crippen molar-refractivity contribution in [1.29, 1.82) is 0 Å². The number of carboxylic acid groups (broad SMARTS) is 1. The molecule has 21 heavy (non-hydrogen) atoms. The van der Waals surface area contributed by atoms with Gasteiger partial charge in [0.1, 0.15) is 11.6 Å². The quantitative estimate of drug-likeness (QED) is 0.439. The van der Waals surface area contributed by atoms with E-state index < -0.39 is 40.9 Å². The summed E-state index contributed by atoms with van der Waals surface area (Å²) in [7, 11) is 1.07. The zero-order valence-corrected chi connectivity index (χ0v) is 10.9. The highest BCUT2D eigenvalue weighted by Gasteiger charge is 2.27. The number of rotatable bonds is 6. The van der Waals surface area contributed by atoms with Crippen LogP contribution in [0.5, 0.6) is 0 Å². The van der Waals surface area contributed by atoms with Gasteiger partial charge < -0.3 is 15.2 Å². The molecule has 0 spiro atoms. The summed E-state index contributed by atoms with van der Waals surface area (Å²) < 4.78 is 4.32. The number of amides is 1. The first kappa shape index (κ1) is 16.1. The van der Waals surface area contributed by atoms with Crippen molar-refractivity contribution in [2.45, 2.75) is 12.5 Å². The van der Waals surface area contributed by atoms with Crippen LogP contribution in [0.4, 0.5) is 5.69 Å². The molecule has 0 aliphatic heterocycles. The van der Waals surface area contributed by atoms with E-state index in [4.69, 9.17) is 5.11 Å². The lowest BCUT2D eigenvalue weighted by Crippen LogP contribution is -2.42. The Balaban J connectivity index is 2.95. The predicted molar refractivity (Wildman–Crippen MR) is 68.6 cm³/mol. The van der Waals surface area contributed by atoms with Gasteiger partial charge in [0, 0.05) is 6.07 Å². The lowest BCUT2D eigenvalue weighted by Gasteiger charge is -2.13. The van der Waals surface area contributed by atoms with E-state index in [9.17, 15) is 24.5 Å².